The van der Waals surface area contributed by atoms with E-state index < -0.39 is 0 Å². The van der Waals surface area contributed by atoms with Gasteiger partial charge in [-0.05, 0) is 54.7 Å². The summed E-state index contributed by atoms with van der Waals surface area (Å²) in [6.45, 7) is 3.75. The summed E-state index contributed by atoms with van der Waals surface area (Å²) >= 11 is 6.03. The maximum atomic E-state index is 13.3. The number of rotatable bonds is 5. The number of benzene rings is 2. The van der Waals surface area contributed by atoms with E-state index in [0.717, 1.165) is 11.4 Å². The van der Waals surface area contributed by atoms with E-state index in [1.807, 2.05) is 24.3 Å². The first-order chi connectivity index (χ1) is 11.2. The van der Waals surface area contributed by atoms with Crippen molar-refractivity contribution in [2.24, 2.45) is 0 Å². The van der Waals surface area contributed by atoms with Gasteiger partial charge in [-0.25, -0.2) is 4.39 Å². The van der Waals surface area contributed by atoms with Crippen molar-refractivity contribution >= 4 is 11.6 Å². The van der Waals surface area contributed by atoms with Crippen molar-refractivity contribution in [3.05, 3.63) is 70.5 Å². The van der Waals surface area contributed by atoms with Crippen LogP contribution in [0.15, 0.2) is 48.5 Å². The number of quaternary nitrogens is 1. The van der Waals surface area contributed by atoms with Crippen LogP contribution in [-0.2, 0) is 0 Å². The Morgan fingerprint density at radius 1 is 0.870 bits per heavy atom. The first-order valence-electron chi connectivity index (χ1n) is 8.57. The van der Waals surface area contributed by atoms with E-state index in [1.54, 1.807) is 17.0 Å². The molecule has 1 N–H and O–H groups in total. The molecule has 1 aliphatic rings. The molecule has 1 nitrogen and oxygen atoms in total. The Morgan fingerprint density at radius 3 is 2.04 bits per heavy atom. The van der Waals surface area contributed by atoms with Gasteiger partial charge < -0.3 is 4.90 Å². The topological polar surface area (TPSA) is 4.44 Å². The van der Waals surface area contributed by atoms with Gasteiger partial charge in [0.25, 0.3) is 0 Å². The monoisotopic (exact) mass is 332 g/mol. The Kier molecular flexibility index (Phi) is 5.69. The van der Waals surface area contributed by atoms with E-state index in [2.05, 4.69) is 12.1 Å². The van der Waals surface area contributed by atoms with Crippen LogP contribution in [0.25, 0.3) is 0 Å². The summed E-state index contributed by atoms with van der Waals surface area (Å²) < 4.78 is 13.3. The van der Waals surface area contributed by atoms with E-state index in [4.69, 9.17) is 11.6 Å². The summed E-state index contributed by atoms with van der Waals surface area (Å²) in [4.78, 5) is 1.71. The number of hydrogen-bond acceptors (Lipinski definition) is 0. The van der Waals surface area contributed by atoms with Gasteiger partial charge >= 0.3 is 0 Å². The fraction of sp³-hybridized carbons (Fsp3) is 0.400. The molecule has 3 rings (SSSR count). The second-order valence-electron chi connectivity index (χ2n) is 6.51. The molecule has 0 saturated carbocycles. The molecule has 1 aliphatic heterocycles. The van der Waals surface area contributed by atoms with Crippen LogP contribution < -0.4 is 4.90 Å². The van der Waals surface area contributed by atoms with E-state index in [-0.39, 0.29) is 5.82 Å². The van der Waals surface area contributed by atoms with Gasteiger partial charge in [0, 0.05) is 17.4 Å². The first kappa shape index (κ1) is 16.5. The van der Waals surface area contributed by atoms with Crippen LogP contribution in [0.4, 0.5) is 4.39 Å². The van der Waals surface area contributed by atoms with E-state index in [9.17, 15) is 4.39 Å². The minimum absolute atomic E-state index is 0.176. The Labute approximate surface area is 143 Å². The molecular formula is C20H24ClFN+. The van der Waals surface area contributed by atoms with E-state index >= 15 is 0 Å². The van der Waals surface area contributed by atoms with Crippen LogP contribution in [0.5, 0.6) is 0 Å². The van der Waals surface area contributed by atoms with Crippen molar-refractivity contribution in [2.45, 2.75) is 31.6 Å². The van der Waals surface area contributed by atoms with Crippen molar-refractivity contribution in [1.29, 1.82) is 0 Å². The van der Waals surface area contributed by atoms with Gasteiger partial charge in [-0.15, -0.1) is 0 Å². The minimum Gasteiger partial charge on any atom is -0.335 e. The lowest BCUT2D eigenvalue weighted by Crippen LogP contribution is -3.12. The number of halogens is 2. The van der Waals surface area contributed by atoms with Crippen LogP contribution in [0, 0.1) is 5.82 Å². The molecule has 0 radical (unpaired) electrons. The molecule has 23 heavy (non-hydrogen) atoms. The zero-order chi connectivity index (χ0) is 16.1. The average molecular weight is 333 g/mol. The highest BCUT2D eigenvalue weighted by atomic mass is 35.5. The summed E-state index contributed by atoms with van der Waals surface area (Å²) in [5, 5.41) is 0.758. The lowest BCUT2D eigenvalue weighted by atomic mass is 9.88. The summed E-state index contributed by atoms with van der Waals surface area (Å²) in [7, 11) is 0. The molecule has 0 bridgehead atoms. The molecule has 0 amide bonds. The molecule has 2 aromatic rings. The molecule has 122 valence electrons. The summed E-state index contributed by atoms with van der Waals surface area (Å²) in [6.07, 6.45) is 5.15. The standard InChI is InChI=1S/C20H23ClFN/c21-18-8-4-16(5-9-18)20(17-6-10-19(22)11-7-17)12-15-23-13-2-1-3-14-23/h4-11,20H,1-3,12-15H2/p+1/t20-/m0/s1. The second kappa shape index (κ2) is 7.94. The maximum Gasteiger partial charge on any atom is 0.123 e. The highest BCUT2D eigenvalue weighted by Crippen LogP contribution is 2.28. The molecule has 1 saturated heterocycles. The zero-order valence-corrected chi connectivity index (χ0v) is 14.2. The Hall–Kier alpha value is -1.38. The highest BCUT2D eigenvalue weighted by molar-refractivity contribution is 6.30. The lowest BCUT2D eigenvalue weighted by molar-refractivity contribution is -0.905. The lowest BCUT2D eigenvalue weighted by Gasteiger charge is -2.26. The van der Waals surface area contributed by atoms with Crippen LogP contribution in [0.2, 0.25) is 5.02 Å². The van der Waals surface area contributed by atoms with Crippen LogP contribution >= 0.6 is 11.6 Å². The van der Waals surface area contributed by atoms with Crippen molar-refractivity contribution in [2.75, 3.05) is 19.6 Å². The fourth-order valence-corrected chi connectivity index (χ4v) is 3.69. The molecule has 1 atom stereocenters. The molecule has 1 heterocycles. The SMILES string of the molecule is Fc1ccc([C@@H](CC[NH+]2CCCCC2)c2ccc(Cl)cc2)cc1. The summed E-state index contributed by atoms with van der Waals surface area (Å²) in [6, 6.07) is 15.0. The third-order valence-corrected chi connectivity index (χ3v) is 5.14. The van der Waals surface area contributed by atoms with Crippen molar-refractivity contribution < 1.29 is 9.29 Å². The number of likely N-dealkylation sites (tertiary alicyclic amines) is 1. The van der Waals surface area contributed by atoms with Gasteiger partial charge in [0.05, 0.1) is 19.6 Å². The minimum atomic E-state index is -0.176. The van der Waals surface area contributed by atoms with Crippen molar-refractivity contribution in [3.8, 4) is 0 Å². The van der Waals surface area contributed by atoms with Crippen LogP contribution in [0.1, 0.15) is 42.7 Å². The Morgan fingerprint density at radius 2 is 1.43 bits per heavy atom. The number of piperidine rings is 1. The quantitative estimate of drug-likeness (QED) is 0.842. The van der Waals surface area contributed by atoms with Crippen molar-refractivity contribution in [3.63, 3.8) is 0 Å². The molecule has 1 fully saturated rings. The smallest absolute Gasteiger partial charge is 0.123 e. The highest BCUT2D eigenvalue weighted by Gasteiger charge is 2.19. The number of hydrogen-bond donors (Lipinski definition) is 1. The third kappa shape index (κ3) is 4.55. The summed E-state index contributed by atoms with van der Waals surface area (Å²) in [5.41, 5.74) is 2.45. The van der Waals surface area contributed by atoms with Gasteiger partial charge in [0.1, 0.15) is 5.82 Å². The van der Waals surface area contributed by atoms with Gasteiger partial charge in [-0.2, -0.15) is 0 Å². The van der Waals surface area contributed by atoms with Crippen molar-refractivity contribution in [1.82, 2.24) is 0 Å². The predicted octanol–water partition coefficient (Wildman–Crippen LogP) is 4.07. The summed E-state index contributed by atoms with van der Waals surface area (Å²) in [5.74, 6) is 0.132. The molecule has 0 aliphatic carbocycles. The fourth-order valence-electron chi connectivity index (χ4n) is 3.57. The molecular weight excluding hydrogens is 309 g/mol. The molecule has 3 heteroatoms. The number of nitrogens with one attached hydrogen (secondary N) is 1. The van der Waals surface area contributed by atoms with E-state index in [0.29, 0.717) is 5.92 Å². The largest absolute Gasteiger partial charge is 0.335 e. The van der Waals surface area contributed by atoms with Gasteiger partial charge in [0.2, 0.25) is 0 Å². The van der Waals surface area contributed by atoms with Gasteiger partial charge in [0.15, 0.2) is 0 Å². The van der Waals surface area contributed by atoms with Crippen LogP contribution in [0.3, 0.4) is 0 Å². The molecule has 0 spiro atoms. The molecule has 2 aromatic carbocycles. The third-order valence-electron chi connectivity index (χ3n) is 4.89. The van der Waals surface area contributed by atoms with E-state index in [1.165, 1.54) is 50.0 Å². The zero-order valence-electron chi connectivity index (χ0n) is 13.4. The van der Waals surface area contributed by atoms with Gasteiger partial charge in [-0.3, -0.25) is 0 Å². The second-order valence-corrected chi connectivity index (χ2v) is 6.94. The maximum absolute atomic E-state index is 13.3. The predicted molar refractivity (Wildman–Crippen MR) is 93.7 cm³/mol. The Bertz CT molecular complexity index is 557. The van der Waals surface area contributed by atoms with Crippen LogP contribution in [-0.4, -0.2) is 19.6 Å². The normalized spacial score (nSPS) is 17.1. The molecule has 0 unspecified atom stereocenters. The molecule has 0 aromatic heterocycles. The first-order valence-corrected chi connectivity index (χ1v) is 8.94. The average Bonchev–Trinajstić information content (AvgIpc) is 2.59. The van der Waals surface area contributed by atoms with Gasteiger partial charge in [-0.1, -0.05) is 35.9 Å². The Balaban J connectivity index is 1.77.